The van der Waals surface area contributed by atoms with E-state index in [4.69, 9.17) is 25.5 Å². The van der Waals surface area contributed by atoms with Crippen molar-refractivity contribution in [3.8, 4) is 0 Å². The Hall–Kier alpha value is -2.66. The van der Waals surface area contributed by atoms with E-state index in [1.165, 1.54) is 24.3 Å². The van der Waals surface area contributed by atoms with Crippen LogP contribution in [0.2, 0.25) is 0 Å². The van der Waals surface area contributed by atoms with E-state index in [0.717, 1.165) is 32.3 Å². The van der Waals surface area contributed by atoms with Crippen molar-refractivity contribution in [1.82, 2.24) is 0 Å². The van der Waals surface area contributed by atoms with E-state index in [1.807, 2.05) is 0 Å². The van der Waals surface area contributed by atoms with Crippen molar-refractivity contribution in [2.24, 2.45) is 0 Å². The number of ketones is 1. The van der Waals surface area contributed by atoms with E-state index >= 15 is 0 Å². The number of hydrogen-bond acceptors (Lipinski definition) is 8. The van der Waals surface area contributed by atoms with E-state index in [2.05, 4.69) is 6.92 Å². The molecule has 0 saturated carbocycles. The van der Waals surface area contributed by atoms with Crippen LogP contribution in [0, 0.1) is 10.1 Å². The third-order valence-corrected chi connectivity index (χ3v) is 3.24. The number of benzene rings is 1. The van der Waals surface area contributed by atoms with E-state index in [1.54, 1.807) is 0 Å². The Morgan fingerprint density at radius 3 is 2.10 bits per heavy atom. The Labute approximate surface area is 168 Å². The van der Waals surface area contributed by atoms with E-state index in [9.17, 15) is 19.7 Å². The lowest BCUT2D eigenvalue weighted by Gasteiger charge is -2.02. The summed E-state index contributed by atoms with van der Waals surface area (Å²) in [5.41, 5.74) is -0.642. The fraction of sp³-hybridized carbons (Fsp3) is 0.474. The third-order valence-electron chi connectivity index (χ3n) is 3.24. The molecule has 0 aliphatic carbocycles. The maximum absolute atomic E-state index is 11.1. The molecular weight excluding hydrogens is 386 g/mol. The minimum atomic E-state index is -1.41. The second kappa shape index (κ2) is 17.4. The summed E-state index contributed by atoms with van der Waals surface area (Å²) < 4.78 is 0. The summed E-state index contributed by atoms with van der Waals surface area (Å²) in [6.45, 7) is 2.80. The molecule has 0 saturated heterocycles. The van der Waals surface area contributed by atoms with Gasteiger partial charge < -0.3 is 25.5 Å². The Morgan fingerprint density at radius 1 is 1.17 bits per heavy atom. The van der Waals surface area contributed by atoms with Gasteiger partial charge in [-0.05, 0) is 25.5 Å². The standard InChI is InChI=1S/C11H9NO5.C6H14O2.C2H6O2/c1-7(13)9(11(14)15)6-8-4-2-3-5-10(8)12(16)17;1-2-3-4-6(8)5-7;3-1-2-4/h2-6H,1H3,(H,14,15);6-8H,2-5H2,1H3;3-4H,1-2H2. The Balaban J connectivity index is 0. The number of carbonyl (C=O) groups excluding carboxylic acids is 1. The highest BCUT2D eigenvalue weighted by Crippen LogP contribution is 2.20. The fourth-order valence-electron chi connectivity index (χ4n) is 1.78. The number of aliphatic hydroxyl groups excluding tert-OH is 4. The van der Waals surface area contributed by atoms with Crippen LogP contribution in [0.15, 0.2) is 29.8 Å². The number of nitro groups is 1. The lowest BCUT2D eigenvalue weighted by molar-refractivity contribution is -0.385. The molecule has 10 heteroatoms. The monoisotopic (exact) mass is 415 g/mol. The number of carboxylic acid groups (broad SMARTS) is 1. The summed E-state index contributed by atoms with van der Waals surface area (Å²) in [6.07, 6.45) is 3.32. The van der Waals surface area contributed by atoms with Gasteiger partial charge in [0.2, 0.25) is 0 Å². The first-order valence-corrected chi connectivity index (χ1v) is 8.86. The fourth-order valence-corrected chi connectivity index (χ4v) is 1.78. The summed E-state index contributed by atoms with van der Waals surface area (Å²) in [6, 6.07) is 5.61. The van der Waals surface area contributed by atoms with Crippen LogP contribution in [0.4, 0.5) is 5.69 Å². The number of aliphatic carboxylic acids is 1. The molecule has 0 aliphatic heterocycles. The van der Waals surface area contributed by atoms with Gasteiger partial charge >= 0.3 is 5.97 Å². The third kappa shape index (κ3) is 14.1. The van der Waals surface area contributed by atoms with E-state index in [-0.39, 0.29) is 31.1 Å². The van der Waals surface area contributed by atoms with Crippen molar-refractivity contribution in [2.45, 2.75) is 39.2 Å². The number of unbranched alkanes of at least 4 members (excludes halogenated alkanes) is 1. The Morgan fingerprint density at radius 2 is 1.72 bits per heavy atom. The predicted octanol–water partition coefficient (Wildman–Crippen LogP) is 1.15. The smallest absolute Gasteiger partial charge is 0.339 e. The predicted molar refractivity (Wildman–Crippen MR) is 106 cm³/mol. The molecule has 0 aliphatic rings. The molecule has 1 unspecified atom stereocenters. The molecule has 0 bridgehead atoms. The first-order chi connectivity index (χ1) is 13.7. The molecule has 1 rings (SSSR count). The summed E-state index contributed by atoms with van der Waals surface area (Å²) >= 11 is 0. The number of rotatable bonds is 9. The van der Waals surface area contributed by atoms with Crippen molar-refractivity contribution in [2.75, 3.05) is 19.8 Å². The first kappa shape index (κ1) is 28.5. The van der Waals surface area contributed by atoms with Crippen LogP contribution in [0.5, 0.6) is 0 Å². The van der Waals surface area contributed by atoms with Crippen molar-refractivity contribution >= 4 is 23.5 Å². The zero-order valence-electron chi connectivity index (χ0n) is 16.5. The number of carbonyl (C=O) groups is 2. The van der Waals surface area contributed by atoms with Crippen LogP contribution >= 0.6 is 0 Å². The maximum atomic E-state index is 11.1. The number of aliphatic hydroxyl groups is 4. The number of hydrogen-bond donors (Lipinski definition) is 5. The van der Waals surface area contributed by atoms with Crippen molar-refractivity contribution in [3.05, 3.63) is 45.5 Å². The molecule has 1 aromatic rings. The zero-order valence-corrected chi connectivity index (χ0v) is 16.5. The van der Waals surface area contributed by atoms with Crippen LogP contribution in [-0.4, -0.2) is 68.1 Å². The Kier molecular flexibility index (Phi) is 17.2. The molecule has 10 nitrogen and oxygen atoms in total. The van der Waals surface area contributed by atoms with Crippen molar-refractivity contribution in [3.63, 3.8) is 0 Å². The van der Waals surface area contributed by atoms with Gasteiger partial charge in [-0.2, -0.15) is 0 Å². The van der Waals surface area contributed by atoms with Gasteiger partial charge in [-0.3, -0.25) is 14.9 Å². The second-order valence-electron chi connectivity index (χ2n) is 5.66. The number of para-hydroxylation sites is 1. The largest absolute Gasteiger partial charge is 0.478 e. The first-order valence-electron chi connectivity index (χ1n) is 8.86. The zero-order chi connectivity index (χ0) is 22.8. The highest BCUT2D eigenvalue weighted by Gasteiger charge is 2.16. The summed E-state index contributed by atoms with van der Waals surface area (Å²) in [5.74, 6) is -2.06. The van der Waals surface area contributed by atoms with Crippen LogP contribution in [0.25, 0.3) is 6.08 Å². The van der Waals surface area contributed by atoms with Gasteiger partial charge in [0, 0.05) is 6.07 Å². The van der Waals surface area contributed by atoms with Gasteiger partial charge in [0.15, 0.2) is 5.78 Å². The lowest BCUT2D eigenvalue weighted by Crippen LogP contribution is -2.10. The molecule has 0 aromatic heterocycles. The minimum absolute atomic E-state index is 0.0881. The molecule has 1 aromatic carbocycles. The van der Waals surface area contributed by atoms with Gasteiger partial charge in [0.05, 0.1) is 36.4 Å². The number of nitro benzene ring substituents is 1. The molecule has 1 atom stereocenters. The highest BCUT2D eigenvalue weighted by molar-refractivity contribution is 6.19. The normalized spacial score (nSPS) is 11.3. The number of Topliss-reactive ketones (excluding diaryl/α,β-unsaturated/α-hetero) is 1. The summed E-state index contributed by atoms with van der Waals surface area (Å²) in [5, 5.41) is 51.8. The average molecular weight is 415 g/mol. The summed E-state index contributed by atoms with van der Waals surface area (Å²) in [4.78, 5) is 31.9. The molecule has 0 heterocycles. The lowest BCUT2D eigenvalue weighted by atomic mass is 10.1. The second-order valence-corrected chi connectivity index (χ2v) is 5.66. The molecular formula is C19H29NO9. The topological polar surface area (TPSA) is 178 Å². The van der Waals surface area contributed by atoms with Crippen LogP contribution in [0.1, 0.15) is 38.7 Å². The molecule has 0 amide bonds. The molecule has 0 spiro atoms. The maximum Gasteiger partial charge on any atom is 0.339 e. The number of nitrogens with zero attached hydrogens (tertiary/aromatic N) is 1. The average Bonchev–Trinajstić information content (AvgIpc) is 2.70. The van der Waals surface area contributed by atoms with Crippen molar-refractivity contribution in [1.29, 1.82) is 0 Å². The van der Waals surface area contributed by atoms with Gasteiger partial charge in [0.1, 0.15) is 5.57 Å². The van der Waals surface area contributed by atoms with Crippen LogP contribution < -0.4 is 0 Å². The Bertz CT molecular complexity index is 641. The van der Waals surface area contributed by atoms with Crippen LogP contribution in [-0.2, 0) is 9.59 Å². The molecule has 5 N–H and O–H groups in total. The van der Waals surface area contributed by atoms with Gasteiger partial charge in [-0.1, -0.05) is 31.9 Å². The number of carboxylic acids is 1. The van der Waals surface area contributed by atoms with Crippen molar-refractivity contribution < 1.29 is 40.0 Å². The highest BCUT2D eigenvalue weighted by atomic mass is 16.6. The molecule has 0 radical (unpaired) electrons. The molecule has 29 heavy (non-hydrogen) atoms. The van der Waals surface area contributed by atoms with Gasteiger partial charge in [0.25, 0.3) is 5.69 Å². The SMILES string of the molecule is CC(=O)C(=Cc1ccccc1[N+](=O)[O-])C(=O)O.CCCCC(O)CO.OCCO. The quantitative estimate of drug-likeness (QED) is 0.130. The van der Waals surface area contributed by atoms with Gasteiger partial charge in [-0.25, -0.2) is 4.79 Å². The minimum Gasteiger partial charge on any atom is -0.478 e. The molecule has 164 valence electrons. The summed E-state index contributed by atoms with van der Waals surface area (Å²) in [7, 11) is 0. The van der Waals surface area contributed by atoms with Crippen LogP contribution in [0.3, 0.4) is 0 Å². The van der Waals surface area contributed by atoms with E-state index < -0.39 is 28.4 Å². The molecule has 0 fully saturated rings. The van der Waals surface area contributed by atoms with Gasteiger partial charge in [-0.15, -0.1) is 0 Å². The van der Waals surface area contributed by atoms with E-state index in [0.29, 0.717) is 0 Å².